The highest BCUT2D eigenvalue weighted by Gasteiger charge is 2.36. The minimum atomic E-state index is -0.778. The van der Waals surface area contributed by atoms with Crippen molar-refractivity contribution in [3.05, 3.63) is 58.1 Å². The third-order valence-corrected chi connectivity index (χ3v) is 5.52. The predicted molar refractivity (Wildman–Crippen MR) is 106 cm³/mol. The van der Waals surface area contributed by atoms with E-state index in [0.717, 1.165) is 0 Å². The number of nitrogens with zero attached hydrogens (tertiary/aromatic N) is 2. The third-order valence-electron chi connectivity index (χ3n) is 4.78. The van der Waals surface area contributed by atoms with Crippen molar-refractivity contribution in [3.8, 4) is 5.75 Å². The summed E-state index contributed by atoms with van der Waals surface area (Å²) < 4.78 is 11.2. The van der Waals surface area contributed by atoms with Gasteiger partial charge in [0, 0.05) is 18.7 Å². The Bertz CT molecular complexity index is 915. The number of morpholine rings is 1. The van der Waals surface area contributed by atoms with Gasteiger partial charge in [-0.25, -0.2) is 0 Å². The first-order valence-electron chi connectivity index (χ1n) is 8.94. The van der Waals surface area contributed by atoms with E-state index in [9.17, 15) is 9.59 Å². The van der Waals surface area contributed by atoms with Crippen molar-refractivity contribution in [3.63, 3.8) is 0 Å². The van der Waals surface area contributed by atoms with Crippen LogP contribution in [0.15, 0.2) is 42.5 Å². The van der Waals surface area contributed by atoms with Gasteiger partial charge in [0.15, 0.2) is 6.10 Å². The molecule has 8 heteroatoms. The number of fused-ring (bicyclic) bond motifs is 1. The van der Waals surface area contributed by atoms with Crippen molar-refractivity contribution in [2.75, 3.05) is 37.7 Å². The quantitative estimate of drug-likeness (QED) is 0.747. The standard InChI is InChI=1S/C20H18Cl2N2O4/c21-14-6-5-13(11-15(14)22)19(25)24-12-18(20(26)23-7-9-27-10-8-23)28-17-4-2-1-3-16(17)24/h1-6,11,18H,7-10,12H2/t18-/m1/s1. The Morgan fingerprint density at radius 3 is 2.50 bits per heavy atom. The summed E-state index contributed by atoms with van der Waals surface area (Å²) in [6.45, 7) is 2.15. The molecule has 2 aliphatic heterocycles. The summed E-state index contributed by atoms with van der Waals surface area (Å²) in [4.78, 5) is 29.4. The fraction of sp³-hybridized carbons (Fsp3) is 0.300. The van der Waals surface area contributed by atoms with Gasteiger partial charge in [-0.1, -0.05) is 35.3 Å². The third kappa shape index (κ3) is 3.68. The van der Waals surface area contributed by atoms with E-state index < -0.39 is 6.10 Å². The second-order valence-corrected chi connectivity index (χ2v) is 7.37. The van der Waals surface area contributed by atoms with Crippen molar-refractivity contribution in [2.45, 2.75) is 6.10 Å². The van der Waals surface area contributed by atoms with Crippen LogP contribution in [0.4, 0.5) is 5.69 Å². The number of hydrogen-bond acceptors (Lipinski definition) is 4. The number of anilines is 1. The highest BCUT2D eigenvalue weighted by molar-refractivity contribution is 6.42. The highest BCUT2D eigenvalue weighted by atomic mass is 35.5. The molecule has 2 aromatic carbocycles. The summed E-state index contributed by atoms with van der Waals surface area (Å²) >= 11 is 12.0. The largest absolute Gasteiger partial charge is 0.476 e. The van der Waals surface area contributed by atoms with Crippen LogP contribution in [0.3, 0.4) is 0 Å². The Kier molecular flexibility index (Phi) is 5.44. The number of para-hydroxylation sites is 2. The average molecular weight is 421 g/mol. The lowest BCUT2D eigenvalue weighted by Gasteiger charge is -2.37. The number of halogens is 2. The van der Waals surface area contributed by atoms with E-state index in [1.165, 1.54) is 6.07 Å². The maximum absolute atomic E-state index is 13.2. The van der Waals surface area contributed by atoms with Gasteiger partial charge in [-0.3, -0.25) is 9.59 Å². The van der Waals surface area contributed by atoms with Gasteiger partial charge in [-0.05, 0) is 30.3 Å². The summed E-state index contributed by atoms with van der Waals surface area (Å²) in [6.07, 6.45) is -0.778. The second-order valence-electron chi connectivity index (χ2n) is 6.56. The molecule has 1 atom stereocenters. The van der Waals surface area contributed by atoms with Crippen LogP contribution in [0.1, 0.15) is 10.4 Å². The van der Waals surface area contributed by atoms with E-state index in [1.54, 1.807) is 34.1 Å². The topological polar surface area (TPSA) is 59.1 Å². The molecule has 28 heavy (non-hydrogen) atoms. The molecule has 0 N–H and O–H groups in total. The molecule has 0 saturated carbocycles. The van der Waals surface area contributed by atoms with Gasteiger partial charge in [0.25, 0.3) is 11.8 Å². The molecule has 2 heterocycles. The SMILES string of the molecule is O=C([C@H]1CN(C(=O)c2ccc(Cl)c(Cl)c2)c2ccccc2O1)N1CCOCC1. The molecule has 0 unspecified atom stereocenters. The molecule has 0 aromatic heterocycles. The number of rotatable bonds is 2. The lowest BCUT2D eigenvalue weighted by Crippen LogP contribution is -2.54. The number of carbonyl (C=O) groups excluding carboxylic acids is 2. The van der Waals surface area contributed by atoms with Crippen LogP contribution in [0, 0.1) is 0 Å². The van der Waals surface area contributed by atoms with E-state index in [-0.39, 0.29) is 18.4 Å². The molecular formula is C20H18Cl2N2O4. The lowest BCUT2D eigenvalue weighted by atomic mass is 10.1. The monoisotopic (exact) mass is 420 g/mol. The molecule has 2 aromatic rings. The molecule has 2 amide bonds. The van der Waals surface area contributed by atoms with Crippen LogP contribution in [-0.2, 0) is 9.53 Å². The number of hydrogen-bond donors (Lipinski definition) is 0. The molecule has 0 bridgehead atoms. The zero-order valence-electron chi connectivity index (χ0n) is 14.9. The molecule has 6 nitrogen and oxygen atoms in total. The zero-order valence-corrected chi connectivity index (χ0v) is 16.4. The highest BCUT2D eigenvalue weighted by Crippen LogP contribution is 2.35. The van der Waals surface area contributed by atoms with E-state index in [2.05, 4.69) is 0 Å². The molecular weight excluding hydrogens is 403 g/mol. The van der Waals surface area contributed by atoms with Crippen LogP contribution in [-0.4, -0.2) is 55.7 Å². The molecule has 4 rings (SSSR count). The minimum Gasteiger partial charge on any atom is -0.476 e. The predicted octanol–water partition coefficient (Wildman–Crippen LogP) is 3.26. The van der Waals surface area contributed by atoms with E-state index >= 15 is 0 Å². The van der Waals surface area contributed by atoms with Crippen LogP contribution >= 0.6 is 23.2 Å². The Hall–Kier alpha value is -2.28. The van der Waals surface area contributed by atoms with Gasteiger partial charge in [-0.15, -0.1) is 0 Å². The van der Waals surface area contributed by atoms with Gasteiger partial charge >= 0.3 is 0 Å². The van der Waals surface area contributed by atoms with Crippen molar-refractivity contribution in [2.24, 2.45) is 0 Å². The fourth-order valence-electron chi connectivity index (χ4n) is 3.33. The van der Waals surface area contributed by atoms with Crippen molar-refractivity contribution in [1.29, 1.82) is 0 Å². The van der Waals surface area contributed by atoms with E-state index in [4.69, 9.17) is 32.7 Å². The molecule has 1 saturated heterocycles. The maximum Gasteiger partial charge on any atom is 0.265 e. The van der Waals surface area contributed by atoms with E-state index in [0.29, 0.717) is 53.3 Å². The average Bonchev–Trinajstić information content (AvgIpc) is 2.74. The van der Waals surface area contributed by atoms with Crippen molar-refractivity contribution in [1.82, 2.24) is 4.90 Å². The molecule has 1 fully saturated rings. The number of ether oxygens (including phenoxy) is 2. The first kappa shape index (κ1) is 19.1. The minimum absolute atomic E-state index is 0.117. The number of carbonyl (C=O) groups is 2. The second kappa shape index (κ2) is 7.99. The Morgan fingerprint density at radius 1 is 1.00 bits per heavy atom. The van der Waals surface area contributed by atoms with Gasteiger partial charge in [0.2, 0.25) is 0 Å². The van der Waals surface area contributed by atoms with Crippen LogP contribution in [0.25, 0.3) is 0 Å². The molecule has 146 valence electrons. The number of benzene rings is 2. The van der Waals surface area contributed by atoms with Crippen LogP contribution < -0.4 is 9.64 Å². The number of amides is 2. The lowest BCUT2D eigenvalue weighted by molar-refractivity contribution is -0.142. The van der Waals surface area contributed by atoms with Gasteiger partial charge in [-0.2, -0.15) is 0 Å². The van der Waals surface area contributed by atoms with Crippen molar-refractivity contribution < 1.29 is 19.1 Å². The summed E-state index contributed by atoms with van der Waals surface area (Å²) in [7, 11) is 0. The Morgan fingerprint density at radius 2 is 1.75 bits per heavy atom. The summed E-state index contributed by atoms with van der Waals surface area (Å²) in [5, 5.41) is 0.677. The summed E-state index contributed by atoms with van der Waals surface area (Å²) in [5.74, 6) is 0.0765. The van der Waals surface area contributed by atoms with Gasteiger partial charge < -0.3 is 19.3 Å². The summed E-state index contributed by atoms with van der Waals surface area (Å²) in [5.41, 5.74) is 1.01. The molecule has 0 spiro atoms. The van der Waals surface area contributed by atoms with E-state index in [1.807, 2.05) is 12.1 Å². The first-order chi connectivity index (χ1) is 13.5. The molecule has 0 radical (unpaired) electrons. The smallest absolute Gasteiger partial charge is 0.265 e. The molecule has 0 aliphatic carbocycles. The first-order valence-corrected chi connectivity index (χ1v) is 9.69. The zero-order chi connectivity index (χ0) is 19.7. The normalized spacial score (nSPS) is 19.0. The Labute approximate surface area is 172 Å². The van der Waals surface area contributed by atoms with Crippen molar-refractivity contribution >= 4 is 40.7 Å². The van der Waals surface area contributed by atoms with Crippen LogP contribution in [0.5, 0.6) is 5.75 Å². The van der Waals surface area contributed by atoms with Gasteiger partial charge in [0.05, 0.1) is 35.5 Å². The fourth-order valence-corrected chi connectivity index (χ4v) is 3.63. The maximum atomic E-state index is 13.2. The molecule has 2 aliphatic rings. The van der Waals surface area contributed by atoms with Crippen LogP contribution in [0.2, 0.25) is 10.0 Å². The summed E-state index contributed by atoms with van der Waals surface area (Å²) in [6, 6.07) is 11.9. The van der Waals surface area contributed by atoms with Gasteiger partial charge in [0.1, 0.15) is 5.75 Å². The Balaban J connectivity index is 1.64.